The summed E-state index contributed by atoms with van der Waals surface area (Å²) in [5.41, 5.74) is -3.13. The van der Waals surface area contributed by atoms with Gasteiger partial charge in [-0.3, -0.25) is 10.1 Å². The Morgan fingerprint density at radius 3 is 2.40 bits per heavy atom. The first-order valence-electron chi connectivity index (χ1n) is 8.02. The van der Waals surface area contributed by atoms with Crippen LogP contribution in [0.5, 0.6) is 11.5 Å². The molecule has 0 saturated heterocycles. The lowest BCUT2D eigenvalue weighted by Gasteiger charge is -2.09. The molecule has 0 amide bonds. The van der Waals surface area contributed by atoms with Crippen LogP contribution in [0.3, 0.4) is 0 Å². The second-order valence-corrected chi connectivity index (χ2v) is 6.11. The number of pyridine rings is 1. The Kier molecular flexibility index (Phi) is 4.86. The molecule has 0 saturated carbocycles. The number of aromatic hydroxyl groups is 2. The Hall–Kier alpha value is -4.09. The van der Waals surface area contributed by atoms with Crippen molar-refractivity contribution in [2.75, 3.05) is 0 Å². The molecule has 0 aliphatic heterocycles. The van der Waals surface area contributed by atoms with Gasteiger partial charge in [-0.2, -0.15) is 13.2 Å². The van der Waals surface area contributed by atoms with Crippen LogP contribution in [-0.4, -0.2) is 31.2 Å². The van der Waals surface area contributed by atoms with E-state index in [4.69, 9.17) is 4.42 Å². The van der Waals surface area contributed by atoms with Crippen LogP contribution in [0.4, 0.5) is 18.9 Å². The third-order valence-electron chi connectivity index (χ3n) is 4.20. The van der Waals surface area contributed by atoms with E-state index in [0.717, 1.165) is 24.5 Å². The number of benzene rings is 1. The number of carboxylic acids is 1. The van der Waals surface area contributed by atoms with E-state index in [0.29, 0.717) is 6.07 Å². The minimum Gasteiger partial charge on any atom is -0.504 e. The smallest absolute Gasteiger partial charge is 0.433 e. The molecule has 0 aliphatic carbocycles. The number of carboxylic acid groups (broad SMARTS) is 1. The number of nitro groups is 1. The highest BCUT2D eigenvalue weighted by Gasteiger charge is 2.34. The first-order chi connectivity index (χ1) is 13.9. The van der Waals surface area contributed by atoms with Crippen LogP contribution < -0.4 is 0 Å². The molecule has 9 nitrogen and oxygen atoms in total. The molecule has 1 aromatic carbocycles. The predicted octanol–water partition coefficient (Wildman–Crippen LogP) is 4.35. The number of nitro benzene ring substituents is 1. The number of aromatic nitrogens is 1. The number of hydrogen-bond donors (Lipinski definition) is 3. The van der Waals surface area contributed by atoms with Gasteiger partial charge in [-0.1, -0.05) is 0 Å². The van der Waals surface area contributed by atoms with Crippen molar-refractivity contribution in [3.63, 3.8) is 0 Å². The molecule has 0 spiro atoms. The Labute approximate surface area is 164 Å². The van der Waals surface area contributed by atoms with Crippen molar-refractivity contribution in [2.24, 2.45) is 0 Å². The lowest BCUT2D eigenvalue weighted by molar-refractivity contribution is -0.385. The number of phenolic OH excluding ortho intramolecular Hbond substituents is 2. The van der Waals surface area contributed by atoms with Crippen LogP contribution in [-0.2, 0) is 6.18 Å². The zero-order valence-corrected chi connectivity index (χ0v) is 14.9. The van der Waals surface area contributed by atoms with Gasteiger partial charge >= 0.3 is 17.8 Å². The number of carbonyl (C=O) groups is 1. The van der Waals surface area contributed by atoms with E-state index in [1.807, 2.05) is 0 Å². The summed E-state index contributed by atoms with van der Waals surface area (Å²) in [5, 5.41) is 40.0. The molecule has 0 radical (unpaired) electrons. The van der Waals surface area contributed by atoms with Gasteiger partial charge in [0.15, 0.2) is 11.5 Å². The minimum absolute atomic E-state index is 0.0378. The highest BCUT2D eigenvalue weighted by molar-refractivity contribution is 6.02. The number of halogens is 3. The summed E-state index contributed by atoms with van der Waals surface area (Å²) in [7, 11) is 0. The summed E-state index contributed by atoms with van der Waals surface area (Å²) in [5.74, 6) is -3.74. The van der Waals surface area contributed by atoms with Crippen molar-refractivity contribution >= 4 is 11.7 Å². The quantitative estimate of drug-likeness (QED) is 0.318. The number of aromatic carboxylic acids is 1. The Morgan fingerprint density at radius 2 is 1.87 bits per heavy atom. The number of hydrogen-bond acceptors (Lipinski definition) is 7. The van der Waals surface area contributed by atoms with Crippen LogP contribution in [0.1, 0.15) is 21.7 Å². The van der Waals surface area contributed by atoms with E-state index in [1.54, 1.807) is 0 Å². The summed E-state index contributed by atoms with van der Waals surface area (Å²) < 4.78 is 43.7. The summed E-state index contributed by atoms with van der Waals surface area (Å²) in [6.07, 6.45) is -3.78. The minimum atomic E-state index is -4.70. The fourth-order valence-corrected chi connectivity index (χ4v) is 2.84. The van der Waals surface area contributed by atoms with Gasteiger partial charge in [0.05, 0.1) is 11.2 Å². The summed E-state index contributed by atoms with van der Waals surface area (Å²) >= 11 is 0. The van der Waals surface area contributed by atoms with E-state index in [9.17, 15) is 43.4 Å². The molecule has 3 rings (SSSR count). The average Bonchev–Trinajstić information content (AvgIpc) is 3.07. The number of aryl methyl sites for hydroxylation is 1. The van der Waals surface area contributed by atoms with Gasteiger partial charge in [0.1, 0.15) is 11.3 Å². The maximum atomic E-state index is 12.8. The highest BCUT2D eigenvalue weighted by atomic mass is 19.4. The van der Waals surface area contributed by atoms with Crippen molar-refractivity contribution < 1.29 is 42.6 Å². The lowest BCUT2D eigenvalue weighted by Crippen LogP contribution is -2.09. The summed E-state index contributed by atoms with van der Waals surface area (Å²) in [6.45, 7) is 1.23. The van der Waals surface area contributed by atoms with Gasteiger partial charge in [-0.15, -0.1) is 0 Å². The number of phenols is 2. The van der Waals surface area contributed by atoms with Crippen molar-refractivity contribution in [2.45, 2.75) is 13.1 Å². The van der Waals surface area contributed by atoms with Crippen LogP contribution in [0, 0.1) is 17.0 Å². The van der Waals surface area contributed by atoms with Gasteiger partial charge in [0.25, 0.3) is 0 Å². The topological polar surface area (TPSA) is 147 Å². The molecule has 156 valence electrons. The zero-order chi connectivity index (χ0) is 22.4. The van der Waals surface area contributed by atoms with Crippen LogP contribution in [0.25, 0.3) is 22.5 Å². The molecular formula is C18H11F3N2O7. The Morgan fingerprint density at radius 1 is 1.20 bits per heavy atom. The highest BCUT2D eigenvalue weighted by Crippen LogP contribution is 2.43. The monoisotopic (exact) mass is 424 g/mol. The summed E-state index contributed by atoms with van der Waals surface area (Å²) in [6, 6.07) is 3.37. The molecule has 0 aliphatic rings. The van der Waals surface area contributed by atoms with Gasteiger partial charge < -0.3 is 19.7 Å². The Bertz CT molecular complexity index is 1190. The van der Waals surface area contributed by atoms with E-state index in [2.05, 4.69) is 4.98 Å². The fraction of sp³-hybridized carbons (Fsp3) is 0.111. The van der Waals surface area contributed by atoms with E-state index in [1.165, 1.54) is 6.92 Å². The SMILES string of the molecule is Cc1nc(C(F)(F)F)ccc1-c1occ(-c2cc(O)c(O)c([N+](=O)[O-])c2)c1C(=O)O. The van der Waals surface area contributed by atoms with Crippen LogP contribution in [0.2, 0.25) is 0 Å². The van der Waals surface area contributed by atoms with Crippen molar-refractivity contribution in [1.82, 2.24) is 4.98 Å². The molecule has 0 fully saturated rings. The molecule has 3 N–H and O–H groups in total. The largest absolute Gasteiger partial charge is 0.504 e. The third-order valence-corrected chi connectivity index (χ3v) is 4.20. The molecule has 2 heterocycles. The van der Waals surface area contributed by atoms with Crippen molar-refractivity contribution in [1.29, 1.82) is 0 Å². The van der Waals surface area contributed by atoms with Crippen LogP contribution in [0.15, 0.2) is 34.9 Å². The van der Waals surface area contributed by atoms with E-state index in [-0.39, 0.29) is 28.1 Å². The first-order valence-corrected chi connectivity index (χ1v) is 8.02. The van der Waals surface area contributed by atoms with Crippen molar-refractivity contribution in [3.05, 3.63) is 57.6 Å². The second kappa shape index (κ2) is 7.06. The van der Waals surface area contributed by atoms with E-state index >= 15 is 0 Å². The first kappa shape index (κ1) is 20.6. The third kappa shape index (κ3) is 3.50. The molecule has 30 heavy (non-hydrogen) atoms. The molecule has 0 unspecified atom stereocenters. The molecule has 3 aromatic rings. The lowest BCUT2D eigenvalue weighted by atomic mass is 9.98. The standard InChI is InChI=1S/C18H11F3N2O7/c1-7-9(2-3-13(22-7)18(19,20)21)16-14(17(26)27)10(6-30-16)8-4-11(23(28)29)15(25)12(24)5-8/h2-6,24-25H,1H3,(H,26,27). The van der Waals surface area contributed by atoms with E-state index < -0.39 is 45.5 Å². The molecule has 0 bridgehead atoms. The van der Waals surface area contributed by atoms with Gasteiger partial charge in [0.2, 0.25) is 5.75 Å². The van der Waals surface area contributed by atoms with Gasteiger partial charge in [0, 0.05) is 22.9 Å². The number of alkyl halides is 3. The van der Waals surface area contributed by atoms with Crippen LogP contribution >= 0.6 is 0 Å². The van der Waals surface area contributed by atoms with Gasteiger partial charge in [-0.25, -0.2) is 9.78 Å². The average molecular weight is 424 g/mol. The number of furan rings is 1. The summed E-state index contributed by atoms with van der Waals surface area (Å²) in [4.78, 5) is 25.4. The normalized spacial score (nSPS) is 11.5. The number of rotatable bonds is 4. The van der Waals surface area contributed by atoms with Gasteiger partial charge in [-0.05, 0) is 30.7 Å². The maximum Gasteiger partial charge on any atom is 0.433 e. The molecule has 12 heteroatoms. The number of nitrogens with zero attached hydrogens (tertiary/aromatic N) is 2. The predicted molar refractivity (Wildman–Crippen MR) is 94.1 cm³/mol. The second-order valence-electron chi connectivity index (χ2n) is 6.11. The molecular weight excluding hydrogens is 413 g/mol. The fourth-order valence-electron chi connectivity index (χ4n) is 2.84. The van der Waals surface area contributed by atoms with Crippen molar-refractivity contribution in [3.8, 4) is 33.9 Å². The molecule has 0 atom stereocenters. The maximum absolute atomic E-state index is 12.8. The zero-order valence-electron chi connectivity index (χ0n) is 14.9. The Balaban J connectivity index is 2.22. The molecule has 2 aromatic heterocycles.